The van der Waals surface area contributed by atoms with Gasteiger partial charge < -0.3 is 33.9 Å². The Morgan fingerprint density at radius 3 is 2.48 bits per heavy atom. The first kappa shape index (κ1) is 29.3. The van der Waals surface area contributed by atoms with Crippen LogP contribution in [-0.2, 0) is 9.59 Å². The van der Waals surface area contributed by atoms with Crippen molar-refractivity contribution in [3.8, 4) is 23.0 Å². The summed E-state index contributed by atoms with van der Waals surface area (Å²) in [5, 5.41) is 13.9. The van der Waals surface area contributed by atoms with Crippen LogP contribution >= 0.6 is 0 Å². The molecule has 9 nitrogen and oxygen atoms in total. The molecule has 0 spiro atoms. The van der Waals surface area contributed by atoms with Crippen LogP contribution in [0, 0.1) is 0 Å². The van der Waals surface area contributed by atoms with Crippen LogP contribution in [0.4, 0.5) is 0 Å². The number of likely N-dealkylation sites (tertiary alicyclic amines) is 1. The number of quaternary nitrogens is 1. The van der Waals surface area contributed by atoms with Gasteiger partial charge in [0.05, 0.1) is 39.9 Å². The molecule has 1 fully saturated rings. The zero-order chi connectivity index (χ0) is 28.6. The molecule has 0 radical (unpaired) electrons. The highest BCUT2D eigenvalue weighted by atomic mass is 16.6. The number of ketones is 1. The molecule has 2 heterocycles. The van der Waals surface area contributed by atoms with Gasteiger partial charge in [-0.25, -0.2) is 0 Å². The van der Waals surface area contributed by atoms with Crippen LogP contribution in [0.15, 0.2) is 42.0 Å². The molecule has 4 rings (SSSR count). The van der Waals surface area contributed by atoms with Crippen molar-refractivity contribution >= 4 is 17.4 Å². The summed E-state index contributed by atoms with van der Waals surface area (Å²) in [6.45, 7) is 6.95. The fourth-order valence-electron chi connectivity index (χ4n) is 5.01. The van der Waals surface area contributed by atoms with E-state index < -0.39 is 23.5 Å². The number of ether oxygens (including phenoxy) is 4. The lowest BCUT2D eigenvalue weighted by Crippen LogP contribution is -3.05. The van der Waals surface area contributed by atoms with Crippen LogP contribution in [0.25, 0.3) is 5.76 Å². The number of nitrogens with one attached hydrogen (secondary N) is 1. The smallest absolute Gasteiger partial charge is 0.295 e. The number of carbonyl (C=O) groups excluding carboxylic acids is 2. The number of amides is 1. The van der Waals surface area contributed by atoms with Crippen LogP contribution < -0.4 is 29.0 Å². The zero-order valence-electron chi connectivity index (χ0n) is 23.9. The van der Waals surface area contributed by atoms with Gasteiger partial charge in [-0.1, -0.05) is 37.7 Å². The Morgan fingerprint density at radius 1 is 0.975 bits per heavy atom. The van der Waals surface area contributed by atoms with E-state index >= 15 is 0 Å². The molecule has 1 atom stereocenters. The van der Waals surface area contributed by atoms with Gasteiger partial charge in [-0.15, -0.1) is 0 Å². The highest BCUT2D eigenvalue weighted by Crippen LogP contribution is 2.42. The van der Waals surface area contributed by atoms with Crippen LogP contribution in [0.3, 0.4) is 0 Å². The first-order valence-electron chi connectivity index (χ1n) is 14.2. The lowest BCUT2D eigenvalue weighted by Gasteiger charge is -2.28. The number of benzene rings is 2. The number of hydrogen-bond acceptors (Lipinski definition) is 7. The maximum Gasteiger partial charge on any atom is 0.295 e. The predicted molar refractivity (Wildman–Crippen MR) is 149 cm³/mol. The van der Waals surface area contributed by atoms with Crippen molar-refractivity contribution in [3.05, 3.63) is 53.1 Å². The van der Waals surface area contributed by atoms with Gasteiger partial charge in [0, 0.05) is 18.5 Å². The molecule has 1 N–H and O–H groups in total. The second kappa shape index (κ2) is 13.6. The standard InChI is InChI=1S/C31H40N2O7/c1-5-7-8-16-38-23-12-10-21(19-25(23)37-6-2)28-27(30(35)31(36)33(28)15-9-14-32(3)4)29(34)22-11-13-24-26(20-22)40-18-17-39-24/h10-13,19-20,28,34H,5-9,14-18H2,1-4H3/b29-27+. The molecule has 1 amide bonds. The van der Waals surface area contributed by atoms with E-state index in [9.17, 15) is 14.7 Å². The van der Waals surface area contributed by atoms with Gasteiger partial charge in [0.2, 0.25) is 5.78 Å². The summed E-state index contributed by atoms with van der Waals surface area (Å²) in [5.74, 6) is 0.158. The molecule has 0 aromatic heterocycles. The predicted octanol–water partition coefficient (Wildman–Crippen LogP) is 2.18. The van der Waals surface area contributed by atoms with E-state index in [1.807, 2.05) is 27.1 Å². The van der Waals surface area contributed by atoms with Gasteiger partial charge in [-0.3, -0.25) is 9.59 Å². The minimum absolute atomic E-state index is 0.0714. The van der Waals surface area contributed by atoms with Gasteiger partial charge in [-0.05, 0) is 48.7 Å². The number of Topliss-reactive ketones (excluding diaryl/α,β-unsaturated/α-hetero) is 1. The van der Waals surface area contributed by atoms with E-state index in [0.717, 1.165) is 25.8 Å². The van der Waals surface area contributed by atoms with E-state index in [-0.39, 0.29) is 11.1 Å². The lowest BCUT2D eigenvalue weighted by atomic mass is 9.94. The molecular formula is C31H40N2O7. The Balaban J connectivity index is 1.76. The Bertz CT molecular complexity index is 1240. The molecule has 1 unspecified atom stereocenters. The molecule has 216 valence electrons. The third-order valence-electron chi connectivity index (χ3n) is 7.00. The van der Waals surface area contributed by atoms with Crippen molar-refractivity contribution in [1.82, 2.24) is 4.90 Å². The van der Waals surface area contributed by atoms with Gasteiger partial charge in [-0.2, -0.15) is 0 Å². The first-order chi connectivity index (χ1) is 19.3. The van der Waals surface area contributed by atoms with Crippen LogP contribution in [-0.4, -0.2) is 70.2 Å². The molecule has 2 aromatic rings. The summed E-state index contributed by atoms with van der Waals surface area (Å²) < 4.78 is 23.1. The minimum Gasteiger partial charge on any atom is -0.872 e. The molecule has 0 aliphatic carbocycles. The second-order valence-electron chi connectivity index (χ2n) is 10.3. The van der Waals surface area contributed by atoms with Gasteiger partial charge in [0.25, 0.3) is 5.91 Å². The number of carbonyl (C=O) groups is 2. The molecule has 2 aromatic carbocycles. The van der Waals surface area contributed by atoms with Crippen molar-refractivity contribution < 1.29 is 38.5 Å². The molecule has 40 heavy (non-hydrogen) atoms. The van der Waals surface area contributed by atoms with Crippen molar-refractivity contribution in [2.24, 2.45) is 0 Å². The SMILES string of the molecule is CCCCCOc1ccc(C2/C(=C(\[O-])c3ccc4c(c3)OCCO4)C(=O)C(=O)N2CCC[NH+](C)C)cc1OCC. The monoisotopic (exact) mass is 552 g/mol. The Morgan fingerprint density at radius 2 is 1.75 bits per heavy atom. The van der Waals surface area contributed by atoms with Gasteiger partial charge in [0.15, 0.2) is 23.0 Å². The van der Waals surface area contributed by atoms with Crippen molar-refractivity contribution in [2.45, 2.75) is 45.6 Å². The fourth-order valence-corrected chi connectivity index (χ4v) is 5.01. The normalized spacial score (nSPS) is 17.9. The Hall–Kier alpha value is -3.72. The summed E-state index contributed by atoms with van der Waals surface area (Å²) in [6.07, 6.45) is 3.77. The topological polar surface area (TPSA) is 102 Å². The Kier molecular flexibility index (Phi) is 9.93. The van der Waals surface area contributed by atoms with E-state index in [4.69, 9.17) is 18.9 Å². The second-order valence-corrected chi connectivity index (χ2v) is 10.3. The van der Waals surface area contributed by atoms with Crippen LogP contribution in [0.2, 0.25) is 0 Å². The molecule has 2 aliphatic rings. The molecule has 9 heteroatoms. The Labute approximate surface area is 236 Å². The minimum atomic E-state index is -0.841. The molecule has 0 saturated carbocycles. The largest absolute Gasteiger partial charge is 0.872 e. The zero-order valence-corrected chi connectivity index (χ0v) is 23.9. The maximum atomic E-state index is 13.9. The summed E-state index contributed by atoms with van der Waals surface area (Å²) in [6, 6.07) is 9.41. The first-order valence-corrected chi connectivity index (χ1v) is 14.2. The van der Waals surface area contributed by atoms with Crippen molar-refractivity contribution in [1.29, 1.82) is 0 Å². The van der Waals surface area contributed by atoms with Crippen molar-refractivity contribution in [2.75, 3.05) is 53.6 Å². The summed E-state index contributed by atoms with van der Waals surface area (Å²) in [4.78, 5) is 29.5. The third kappa shape index (κ3) is 6.53. The summed E-state index contributed by atoms with van der Waals surface area (Å²) in [7, 11) is 4.07. The lowest BCUT2D eigenvalue weighted by molar-refractivity contribution is -0.858. The van der Waals surface area contributed by atoms with Crippen molar-refractivity contribution in [3.63, 3.8) is 0 Å². The van der Waals surface area contributed by atoms with Gasteiger partial charge >= 0.3 is 0 Å². The highest BCUT2D eigenvalue weighted by Gasteiger charge is 2.44. The van der Waals surface area contributed by atoms with E-state index in [0.29, 0.717) is 68.0 Å². The average Bonchev–Trinajstić information content (AvgIpc) is 3.20. The quantitative estimate of drug-likeness (QED) is 0.176. The third-order valence-corrected chi connectivity index (χ3v) is 7.00. The number of rotatable bonds is 13. The summed E-state index contributed by atoms with van der Waals surface area (Å²) in [5.41, 5.74) is 0.825. The van der Waals surface area contributed by atoms with Crippen LogP contribution in [0.1, 0.15) is 56.7 Å². The fraction of sp³-hybridized carbons (Fsp3) is 0.484. The maximum absolute atomic E-state index is 13.9. The van der Waals surface area contributed by atoms with Crippen LogP contribution in [0.5, 0.6) is 23.0 Å². The molecular weight excluding hydrogens is 512 g/mol. The van der Waals surface area contributed by atoms with Gasteiger partial charge in [0.1, 0.15) is 13.2 Å². The molecule has 0 bridgehead atoms. The number of unbranched alkanes of at least 4 members (excludes halogenated alkanes) is 2. The van der Waals surface area contributed by atoms with E-state index in [1.165, 1.54) is 9.80 Å². The molecule has 1 saturated heterocycles. The number of fused-ring (bicyclic) bond motifs is 1. The number of nitrogens with zero attached hydrogens (tertiary/aromatic N) is 1. The number of hydrogen-bond donors (Lipinski definition) is 1. The van der Waals surface area contributed by atoms with E-state index in [2.05, 4.69) is 6.92 Å². The summed E-state index contributed by atoms with van der Waals surface area (Å²) >= 11 is 0. The average molecular weight is 553 g/mol. The molecule has 2 aliphatic heterocycles. The van der Waals surface area contributed by atoms with E-state index in [1.54, 1.807) is 30.3 Å². The highest BCUT2D eigenvalue weighted by molar-refractivity contribution is 6.46.